The van der Waals surface area contributed by atoms with Gasteiger partial charge in [0.1, 0.15) is 11.4 Å². The SMILES string of the molecule is N=C(N)CC1(CSc2ncnc3ccccc23)CC1. The van der Waals surface area contributed by atoms with Crippen LogP contribution in [0.4, 0.5) is 0 Å². The maximum Gasteiger partial charge on any atom is 0.117 e. The van der Waals surface area contributed by atoms with Crippen LogP contribution in [-0.2, 0) is 0 Å². The van der Waals surface area contributed by atoms with Crippen LogP contribution in [-0.4, -0.2) is 21.6 Å². The number of fused-ring (bicyclic) bond motifs is 1. The van der Waals surface area contributed by atoms with Crippen LogP contribution in [0.1, 0.15) is 19.3 Å². The molecule has 1 aromatic carbocycles. The largest absolute Gasteiger partial charge is 0.388 e. The number of nitrogens with zero attached hydrogens (tertiary/aromatic N) is 2. The lowest BCUT2D eigenvalue weighted by atomic mass is 10.1. The highest BCUT2D eigenvalue weighted by Crippen LogP contribution is 2.52. The van der Waals surface area contributed by atoms with E-state index in [1.165, 1.54) is 12.8 Å². The lowest BCUT2D eigenvalue weighted by Gasteiger charge is -2.13. The Labute approximate surface area is 116 Å². The van der Waals surface area contributed by atoms with E-state index >= 15 is 0 Å². The van der Waals surface area contributed by atoms with Gasteiger partial charge in [0.15, 0.2) is 0 Å². The number of aromatic nitrogens is 2. The predicted octanol–water partition coefficient (Wildman–Crippen LogP) is 2.83. The molecule has 0 aliphatic heterocycles. The zero-order valence-electron chi connectivity index (χ0n) is 10.6. The molecule has 1 fully saturated rings. The van der Waals surface area contributed by atoms with Crippen molar-refractivity contribution in [3.8, 4) is 0 Å². The van der Waals surface area contributed by atoms with Crippen molar-refractivity contribution in [3.63, 3.8) is 0 Å². The minimum atomic E-state index is 0.239. The first-order valence-corrected chi connectivity index (χ1v) is 7.33. The first-order valence-electron chi connectivity index (χ1n) is 6.34. The number of amidine groups is 1. The number of para-hydroxylation sites is 1. The number of benzene rings is 1. The van der Waals surface area contributed by atoms with Gasteiger partial charge >= 0.3 is 0 Å². The maximum absolute atomic E-state index is 7.45. The van der Waals surface area contributed by atoms with Crippen LogP contribution in [0.15, 0.2) is 35.6 Å². The number of hydrogen-bond acceptors (Lipinski definition) is 4. The van der Waals surface area contributed by atoms with E-state index in [-0.39, 0.29) is 5.41 Å². The van der Waals surface area contributed by atoms with Gasteiger partial charge in [0.2, 0.25) is 0 Å². The lowest BCUT2D eigenvalue weighted by Crippen LogP contribution is -2.18. The minimum absolute atomic E-state index is 0.239. The van der Waals surface area contributed by atoms with Gasteiger partial charge in [-0.2, -0.15) is 0 Å². The molecular formula is C14H16N4S. The Morgan fingerprint density at radius 1 is 1.32 bits per heavy atom. The molecule has 0 spiro atoms. The Morgan fingerprint density at radius 2 is 2.11 bits per heavy atom. The van der Waals surface area contributed by atoms with Crippen molar-refractivity contribution in [3.05, 3.63) is 30.6 Å². The van der Waals surface area contributed by atoms with E-state index < -0.39 is 0 Å². The predicted molar refractivity (Wildman–Crippen MR) is 78.5 cm³/mol. The average molecular weight is 272 g/mol. The molecule has 1 saturated carbocycles. The fourth-order valence-corrected chi connectivity index (χ4v) is 3.55. The Bertz CT molecular complexity index is 616. The van der Waals surface area contributed by atoms with Crippen molar-refractivity contribution in [2.24, 2.45) is 11.1 Å². The quantitative estimate of drug-likeness (QED) is 0.380. The first-order chi connectivity index (χ1) is 9.19. The lowest BCUT2D eigenvalue weighted by molar-refractivity contribution is 0.611. The Balaban J connectivity index is 1.77. The second-order valence-electron chi connectivity index (χ2n) is 5.19. The van der Waals surface area contributed by atoms with Crippen LogP contribution >= 0.6 is 11.8 Å². The van der Waals surface area contributed by atoms with E-state index in [1.807, 2.05) is 18.2 Å². The second-order valence-corrected chi connectivity index (χ2v) is 6.15. The van der Waals surface area contributed by atoms with Crippen LogP contribution in [0.5, 0.6) is 0 Å². The van der Waals surface area contributed by atoms with Crippen LogP contribution < -0.4 is 5.73 Å². The molecule has 4 nitrogen and oxygen atoms in total. The molecule has 2 aromatic rings. The highest BCUT2D eigenvalue weighted by atomic mass is 32.2. The van der Waals surface area contributed by atoms with E-state index in [0.717, 1.165) is 21.7 Å². The first kappa shape index (κ1) is 12.4. The van der Waals surface area contributed by atoms with Crippen molar-refractivity contribution in [1.29, 1.82) is 5.41 Å². The van der Waals surface area contributed by atoms with Crippen LogP contribution in [0.25, 0.3) is 10.9 Å². The normalized spacial score (nSPS) is 16.4. The molecule has 0 saturated heterocycles. The van der Waals surface area contributed by atoms with Crippen molar-refractivity contribution < 1.29 is 0 Å². The summed E-state index contributed by atoms with van der Waals surface area (Å²) in [4.78, 5) is 8.66. The third-order valence-electron chi connectivity index (χ3n) is 3.54. The maximum atomic E-state index is 7.45. The fourth-order valence-electron chi connectivity index (χ4n) is 2.27. The van der Waals surface area contributed by atoms with Crippen molar-refractivity contribution in [2.75, 3.05) is 5.75 Å². The van der Waals surface area contributed by atoms with E-state index in [2.05, 4.69) is 16.0 Å². The Kier molecular flexibility index (Phi) is 3.14. The Morgan fingerprint density at radius 3 is 2.84 bits per heavy atom. The summed E-state index contributed by atoms with van der Waals surface area (Å²) in [5.41, 5.74) is 6.75. The molecule has 19 heavy (non-hydrogen) atoms. The molecule has 1 aliphatic rings. The minimum Gasteiger partial charge on any atom is -0.388 e. The number of rotatable bonds is 5. The van der Waals surface area contributed by atoms with Gasteiger partial charge < -0.3 is 5.73 Å². The molecule has 3 N–H and O–H groups in total. The molecule has 0 unspecified atom stereocenters. The van der Waals surface area contributed by atoms with E-state index in [1.54, 1.807) is 18.1 Å². The highest BCUT2D eigenvalue weighted by molar-refractivity contribution is 7.99. The van der Waals surface area contributed by atoms with E-state index in [4.69, 9.17) is 11.1 Å². The molecule has 98 valence electrons. The molecule has 5 heteroatoms. The van der Waals surface area contributed by atoms with Gasteiger partial charge in [-0.1, -0.05) is 18.2 Å². The van der Waals surface area contributed by atoms with Gasteiger partial charge in [-0.25, -0.2) is 9.97 Å². The molecule has 0 atom stereocenters. The number of nitrogens with two attached hydrogens (primary N) is 1. The van der Waals surface area contributed by atoms with Gasteiger partial charge in [0, 0.05) is 17.6 Å². The van der Waals surface area contributed by atoms with Crippen LogP contribution in [0.2, 0.25) is 0 Å². The average Bonchev–Trinajstić information content (AvgIpc) is 3.15. The summed E-state index contributed by atoms with van der Waals surface area (Å²) in [5.74, 6) is 1.28. The molecule has 0 radical (unpaired) electrons. The molecule has 0 bridgehead atoms. The summed E-state index contributed by atoms with van der Waals surface area (Å²) >= 11 is 1.76. The molecule has 3 rings (SSSR count). The zero-order chi connectivity index (χ0) is 13.3. The molecule has 0 amide bonds. The third-order valence-corrected chi connectivity index (χ3v) is 4.90. The van der Waals surface area contributed by atoms with E-state index in [0.29, 0.717) is 12.3 Å². The number of thioether (sulfide) groups is 1. The highest BCUT2D eigenvalue weighted by Gasteiger charge is 2.43. The van der Waals surface area contributed by atoms with Crippen molar-refractivity contribution in [2.45, 2.75) is 24.3 Å². The number of hydrogen-bond donors (Lipinski definition) is 2. The summed E-state index contributed by atoms with van der Waals surface area (Å²) < 4.78 is 0. The van der Waals surface area contributed by atoms with Gasteiger partial charge in [0.05, 0.1) is 11.4 Å². The summed E-state index contributed by atoms with van der Waals surface area (Å²) in [7, 11) is 0. The van der Waals surface area contributed by atoms with Gasteiger partial charge in [-0.05, 0) is 24.3 Å². The summed E-state index contributed by atoms with van der Waals surface area (Å²) in [6, 6.07) is 8.06. The zero-order valence-corrected chi connectivity index (χ0v) is 11.4. The molecule has 1 aliphatic carbocycles. The number of nitrogens with one attached hydrogen (secondary N) is 1. The topological polar surface area (TPSA) is 75.7 Å². The van der Waals surface area contributed by atoms with Gasteiger partial charge in [-0.15, -0.1) is 11.8 Å². The van der Waals surface area contributed by atoms with Crippen LogP contribution in [0, 0.1) is 10.8 Å². The van der Waals surface area contributed by atoms with Gasteiger partial charge in [0.25, 0.3) is 0 Å². The second kappa shape index (κ2) is 4.81. The fraction of sp³-hybridized carbons (Fsp3) is 0.357. The van der Waals surface area contributed by atoms with Crippen LogP contribution in [0.3, 0.4) is 0 Å². The standard InChI is InChI=1S/C14H16N4S/c15-12(16)7-14(5-6-14)8-19-13-10-3-1-2-4-11(10)17-9-18-13/h1-4,9H,5-8H2,(H3,15,16). The molecular weight excluding hydrogens is 256 g/mol. The smallest absolute Gasteiger partial charge is 0.117 e. The van der Waals surface area contributed by atoms with E-state index in [9.17, 15) is 0 Å². The summed E-state index contributed by atoms with van der Waals surface area (Å²) in [6.07, 6.45) is 4.67. The molecule has 1 aromatic heterocycles. The van der Waals surface area contributed by atoms with Gasteiger partial charge in [-0.3, -0.25) is 5.41 Å². The summed E-state index contributed by atoms with van der Waals surface area (Å²) in [6.45, 7) is 0. The third kappa shape index (κ3) is 2.71. The monoisotopic (exact) mass is 272 g/mol. The molecule has 1 heterocycles. The summed E-state index contributed by atoms with van der Waals surface area (Å²) in [5, 5.41) is 9.58. The van der Waals surface area contributed by atoms with Crippen molar-refractivity contribution >= 4 is 28.5 Å². The van der Waals surface area contributed by atoms with Crippen molar-refractivity contribution in [1.82, 2.24) is 9.97 Å². The Hall–Kier alpha value is -1.62.